The average molecular weight is 287 g/mol. The minimum atomic E-state index is 0.0947. The van der Waals surface area contributed by atoms with Crippen LogP contribution in [0.15, 0.2) is 16.7 Å². The van der Waals surface area contributed by atoms with Crippen LogP contribution in [-0.4, -0.2) is 29.9 Å². The second kappa shape index (κ2) is 7.39. The molecule has 90 valence electrons. The molecular weight excluding hydrogens is 268 g/mol. The molecule has 0 spiro atoms. The Labute approximate surface area is 106 Å². The normalized spacial score (nSPS) is 9.12. The van der Waals surface area contributed by atoms with Crippen LogP contribution < -0.4 is 0 Å². The molecule has 0 aliphatic heterocycles. The van der Waals surface area contributed by atoms with Crippen LogP contribution in [0.25, 0.3) is 0 Å². The third-order valence-corrected chi connectivity index (χ3v) is 2.44. The Morgan fingerprint density at radius 2 is 1.94 bits per heavy atom. The fourth-order valence-corrected chi connectivity index (χ4v) is 1.47. The molecule has 0 atom stereocenters. The Kier molecular flexibility index (Phi) is 6.97. The van der Waals surface area contributed by atoms with Crippen LogP contribution in [0.5, 0.6) is 0 Å². The molecule has 1 heterocycles. The van der Waals surface area contributed by atoms with Crippen molar-refractivity contribution in [3.05, 3.63) is 28.0 Å². The van der Waals surface area contributed by atoms with Crippen LogP contribution in [0.2, 0.25) is 0 Å². The van der Waals surface area contributed by atoms with Crippen LogP contribution in [0.1, 0.15) is 25.1 Å². The van der Waals surface area contributed by atoms with Gasteiger partial charge in [-0.05, 0) is 34.5 Å². The van der Waals surface area contributed by atoms with Gasteiger partial charge in [0.15, 0.2) is 0 Å². The molecule has 4 heteroatoms. The standard InChI is InChI=1S/C10H13BrN2O.C2H6/c1-7-8(4-5-9(11)12-7)6-10(14)13(2)3;1-2/h4-5H,6H2,1-3H3;1-2H3. The van der Waals surface area contributed by atoms with Gasteiger partial charge in [0.25, 0.3) is 0 Å². The van der Waals surface area contributed by atoms with Crippen molar-refractivity contribution in [3.8, 4) is 0 Å². The molecule has 0 unspecified atom stereocenters. The molecule has 0 bridgehead atoms. The summed E-state index contributed by atoms with van der Waals surface area (Å²) in [6.07, 6.45) is 0.416. The zero-order valence-corrected chi connectivity index (χ0v) is 12.1. The van der Waals surface area contributed by atoms with E-state index in [9.17, 15) is 4.79 Å². The summed E-state index contributed by atoms with van der Waals surface area (Å²) in [5.74, 6) is 0.0947. The van der Waals surface area contributed by atoms with Crippen molar-refractivity contribution >= 4 is 21.8 Å². The summed E-state index contributed by atoms with van der Waals surface area (Å²) in [4.78, 5) is 17.3. The lowest BCUT2D eigenvalue weighted by molar-refractivity contribution is -0.127. The summed E-state index contributed by atoms with van der Waals surface area (Å²) in [6, 6.07) is 3.78. The molecule has 1 aromatic rings. The number of rotatable bonds is 2. The molecule has 0 saturated carbocycles. The first-order valence-corrected chi connectivity index (χ1v) is 6.12. The third-order valence-electron chi connectivity index (χ3n) is 2.00. The van der Waals surface area contributed by atoms with E-state index in [2.05, 4.69) is 20.9 Å². The molecule has 3 nitrogen and oxygen atoms in total. The SMILES string of the molecule is CC.Cc1nc(Br)ccc1CC(=O)N(C)C. The minimum Gasteiger partial charge on any atom is -0.349 e. The molecule has 0 radical (unpaired) electrons. The van der Waals surface area contributed by atoms with E-state index in [0.717, 1.165) is 15.9 Å². The smallest absolute Gasteiger partial charge is 0.226 e. The van der Waals surface area contributed by atoms with E-state index in [1.165, 1.54) is 0 Å². The van der Waals surface area contributed by atoms with Crippen molar-refractivity contribution < 1.29 is 4.79 Å². The fraction of sp³-hybridized carbons (Fsp3) is 0.500. The Morgan fingerprint density at radius 1 is 1.38 bits per heavy atom. The van der Waals surface area contributed by atoms with Gasteiger partial charge >= 0.3 is 0 Å². The van der Waals surface area contributed by atoms with Crippen LogP contribution in [0.3, 0.4) is 0 Å². The number of nitrogens with zero attached hydrogens (tertiary/aromatic N) is 2. The second-order valence-electron chi connectivity index (χ2n) is 3.34. The zero-order chi connectivity index (χ0) is 12.7. The maximum Gasteiger partial charge on any atom is 0.226 e. The zero-order valence-electron chi connectivity index (χ0n) is 10.5. The first-order valence-electron chi connectivity index (χ1n) is 5.33. The summed E-state index contributed by atoms with van der Waals surface area (Å²) in [7, 11) is 3.51. The Bertz CT molecular complexity index is 351. The van der Waals surface area contributed by atoms with Crippen molar-refractivity contribution in [2.45, 2.75) is 27.2 Å². The van der Waals surface area contributed by atoms with E-state index in [0.29, 0.717) is 6.42 Å². The van der Waals surface area contributed by atoms with Crippen molar-refractivity contribution in [1.29, 1.82) is 0 Å². The van der Waals surface area contributed by atoms with E-state index >= 15 is 0 Å². The van der Waals surface area contributed by atoms with E-state index in [1.54, 1.807) is 19.0 Å². The Balaban J connectivity index is 0.00000106. The van der Waals surface area contributed by atoms with Crippen LogP contribution in [0.4, 0.5) is 0 Å². The van der Waals surface area contributed by atoms with E-state index in [4.69, 9.17) is 0 Å². The van der Waals surface area contributed by atoms with Gasteiger partial charge in [-0.1, -0.05) is 19.9 Å². The summed E-state index contributed by atoms with van der Waals surface area (Å²) in [5, 5.41) is 0. The first-order chi connectivity index (χ1) is 7.50. The molecule has 16 heavy (non-hydrogen) atoms. The molecular formula is C12H19BrN2O. The molecule has 0 fully saturated rings. The molecule has 0 saturated heterocycles. The molecule has 1 amide bonds. The number of hydrogen-bond acceptors (Lipinski definition) is 2. The maximum absolute atomic E-state index is 11.4. The van der Waals surface area contributed by atoms with Gasteiger partial charge in [0.1, 0.15) is 4.60 Å². The lowest BCUT2D eigenvalue weighted by Gasteiger charge is -2.11. The summed E-state index contributed by atoms with van der Waals surface area (Å²) >= 11 is 3.28. The number of carbonyl (C=O) groups is 1. The highest BCUT2D eigenvalue weighted by Crippen LogP contribution is 2.12. The van der Waals surface area contributed by atoms with Crippen LogP contribution in [-0.2, 0) is 11.2 Å². The molecule has 0 N–H and O–H groups in total. The summed E-state index contributed by atoms with van der Waals surface area (Å²) < 4.78 is 0.802. The average Bonchev–Trinajstić information content (AvgIpc) is 2.25. The van der Waals surface area contributed by atoms with Gasteiger partial charge in [0.2, 0.25) is 5.91 Å². The number of aryl methyl sites for hydroxylation is 1. The quantitative estimate of drug-likeness (QED) is 0.784. The Hall–Kier alpha value is -0.900. The summed E-state index contributed by atoms with van der Waals surface area (Å²) in [6.45, 7) is 5.91. The predicted octanol–water partition coefficient (Wildman–Crippen LogP) is 2.81. The number of halogens is 1. The summed E-state index contributed by atoms with van der Waals surface area (Å²) in [5.41, 5.74) is 1.88. The predicted molar refractivity (Wildman–Crippen MR) is 70.4 cm³/mol. The van der Waals surface area contributed by atoms with Crippen molar-refractivity contribution in [2.24, 2.45) is 0 Å². The maximum atomic E-state index is 11.4. The van der Waals surface area contributed by atoms with Gasteiger partial charge in [-0.3, -0.25) is 4.79 Å². The monoisotopic (exact) mass is 286 g/mol. The lowest BCUT2D eigenvalue weighted by atomic mass is 10.1. The van der Waals surface area contributed by atoms with Crippen molar-refractivity contribution in [1.82, 2.24) is 9.88 Å². The highest BCUT2D eigenvalue weighted by atomic mass is 79.9. The number of likely N-dealkylation sites (N-methyl/N-ethyl adjacent to an activating group) is 1. The fourth-order valence-electron chi connectivity index (χ4n) is 1.07. The molecule has 1 aromatic heterocycles. The van der Waals surface area contributed by atoms with Gasteiger partial charge in [-0.15, -0.1) is 0 Å². The lowest BCUT2D eigenvalue weighted by Crippen LogP contribution is -2.23. The molecule has 1 rings (SSSR count). The van der Waals surface area contributed by atoms with Crippen LogP contribution in [0, 0.1) is 6.92 Å². The number of carbonyl (C=O) groups excluding carboxylic acids is 1. The molecule has 0 aromatic carbocycles. The number of aromatic nitrogens is 1. The van der Waals surface area contributed by atoms with Crippen LogP contribution >= 0.6 is 15.9 Å². The van der Waals surface area contributed by atoms with Crippen molar-refractivity contribution in [2.75, 3.05) is 14.1 Å². The minimum absolute atomic E-state index is 0.0947. The van der Waals surface area contributed by atoms with Gasteiger partial charge in [-0.2, -0.15) is 0 Å². The Morgan fingerprint density at radius 3 is 2.38 bits per heavy atom. The van der Waals surface area contributed by atoms with Crippen molar-refractivity contribution in [3.63, 3.8) is 0 Å². The number of pyridine rings is 1. The number of hydrogen-bond donors (Lipinski definition) is 0. The van der Waals surface area contributed by atoms with Gasteiger partial charge in [-0.25, -0.2) is 4.98 Å². The highest BCUT2D eigenvalue weighted by Gasteiger charge is 2.08. The second-order valence-corrected chi connectivity index (χ2v) is 4.16. The third kappa shape index (κ3) is 4.75. The molecule has 0 aliphatic carbocycles. The van der Waals surface area contributed by atoms with Gasteiger partial charge < -0.3 is 4.90 Å². The number of amides is 1. The van der Waals surface area contributed by atoms with E-state index < -0.39 is 0 Å². The molecule has 0 aliphatic rings. The van der Waals surface area contributed by atoms with Gasteiger partial charge in [0, 0.05) is 19.8 Å². The first kappa shape index (κ1) is 15.1. The van der Waals surface area contributed by atoms with E-state index in [-0.39, 0.29) is 5.91 Å². The largest absolute Gasteiger partial charge is 0.349 e. The topological polar surface area (TPSA) is 33.2 Å². The highest BCUT2D eigenvalue weighted by molar-refractivity contribution is 9.10. The van der Waals surface area contributed by atoms with E-state index in [1.807, 2.05) is 32.9 Å². The van der Waals surface area contributed by atoms with Gasteiger partial charge in [0.05, 0.1) is 6.42 Å².